The van der Waals surface area contributed by atoms with Gasteiger partial charge >= 0.3 is 0 Å². The molecule has 2 aliphatic rings. The first-order valence-electron chi connectivity index (χ1n) is 10.1. The average Bonchev–Trinajstić information content (AvgIpc) is 2.66. The van der Waals surface area contributed by atoms with Gasteiger partial charge in [0.15, 0.2) is 5.82 Å². The molecule has 0 radical (unpaired) electrons. The van der Waals surface area contributed by atoms with Gasteiger partial charge in [-0.15, -0.1) is 0 Å². The van der Waals surface area contributed by atoms with Gasteiger partial charge in [0.25, 0.3) is 0 Å². The van der Waals surface area contributed by atoms with Gasteiger partial charge in [0.05, 0.1) is 0 Å². The molecule has 0 N–H and O–H groups in total. The average molecular weight is 350 g/mol. The number of benzene rings is 1. The lowest BCUT2D eigenvalue weighted by atomic mass is 9.63. The minimum Gasteiger partial charge on any atom is -0.357 e. The third-order valence-corrected chi connectivity index (χ3v) is 6.43. The SMILES string of the molecule is CC1(C)CCC(C)(C)c2cc(-c3nccc(N4CCCCC4)n3)ccc21. The van der Waals surface area contributed by atoms with E-state index in [0.717, 1.165) is 30.3 Å². The van der Waals surface area contributed by atoms with Crippen molar-refractivity contribution in [3.05, 3.63) is 41.6 Å². The van der Waals surface area contributed by atoms with Crippen molar-refractivity contribution in [3.8, 4) is 11.4 Å². The molecule has 3 nitrogen and oxygen atoms in total. The van der Waals surface area contributed by atoms with Gasteiger partial charge in [-0.1, -0.05) is 39.8 Å². The molecule has 26 heavy (non-hydrogen) atoms. The molecule has 1 fully saturated rings. The minimum atomic E-state index is 0.214. The highest BCUT2D eigenvalue weighted by Crippen LogP contribution is 2.46. The highest BCUT2D eigenvalue weighted by molar-refractivity contribution is 5.61. The summed E-state index contributed by atoms with van der Waals surface area (Å²) in [5.74, 6) is 1.93. The molecular weight excluding hydrogens is 318 g/mol. The smallest absolute Gasteiger partial charge is 0.161 e. The van der Waals surface area contributed by atoms with Crippen LogP contribution in [0.5, 0.6) is 0 Å². The molecule has 0 atom stereocenters. The fourth-order valence-electron chi connectivity index (χ4n) is 4.52. The van der Waals surface area contributed by atoms with E-state index in [1.54, 1.807) is 0 Å². The molecule has 0 amide bonds. The predicted octanol–water partition coefficient (Wildman–Crippen LogP) is 5.48. The Hall–Kier alpha value is -1.90. The highest BCUT2D eigenvalue weighted by Gasteiger charge is 2.37. The van der Waals surface area contributed by atoms with Crippen LogP contribution in [0.15, 0.2) is 30.5 Å². The Morgan fingerprint density at radius 3 is 2.27 bits per heavy atom. The summed E-state index contributed by atoms with van der Waals surface area (Å²) in [6, 6.07) is 8.95. The molecule has 4 rings (SSSR count). The molecule has 1 saturated heterocycles. The Bertz CT molecular complexity index is 801. The largest absolute Gasteiger partial charge is 0.357 e. The van der Waals surface area contributed by atoms with E-state index in [-0.39, 0.29) is 10.8 Å². The van der Waals surface area contributed by atoms with Crippen LogP contribution >= 0.6 is 0 Å². The Morgan fingerprint density at radius 1 is 0.846 bits per heavy atom. The van der Waals surface area contributed by atoms with E-state index in [9.17, 15) is 0 Å². The Morgan fingerprint density at radius 2 is 1.54 bits per heavy atom. The van der Waals surface area contributed by atoms with Gasteiger partial charge in [0.2, 0.25) is 0 Å². The Kier molecular flexibility index (Phi) is 4.29. The molecule has 1 aliphatic heterocycles. The van der Waals surface area contributed by atoms with Crippen LogP contribution in [0.1, 0.15) is 70.9 Å². The van der Waals surface area contributed by atoms with Gasteiger partial charge in [0.1, 0.15) is 5.82 Å². The summed E-state index contributed by atoms with van der Waals surface area (Å²) in [6.07, 6.45) is 8.26. The van der Waals surface area contributed by atoms with E-state index in [1.807, 2.05) is 6.20 Å². The van der Waals surface area contributed by atoms with Gasteiger partial charge in [-0.05, 0) is 66.2 Å². The summed E-state index contributed by atoms with van der Waals surface area (Å²) >= 11 is 0. The lowest BCUT2D eigenvalue weighted by molar-refractivity contribution is 0.332. The maximum Gasteiger partial charge on any atom is 0.161 e. The van der Waals surface area contributed by atoms with Crippen LogP contribution in [0.2, 0.25) is 0 Å². The zero-order valence-electron chi connectivity index (χ0n) is 16.7. The third kappa shape index (κ3) is 3.13. The maximum atomic E-state index is 4.91. The Balaban J connectivity index is 1.73. The lowest BCUT2D eigenvalue weighted by Crippen LogP contribution is -2.33. The molecule has 1 aromatic heterocycles. The van der Waals surface area contributed by atoms with Crippen molar-refractivity contribution < 1.29 is 0 Å². The van der Waals surface area contributed by atoms with Gasteiger partial charge in [0, 0.05) is 24.8 Å². The number of aromatic nitrogens is 2. The molecule has 0 spiro atoms. The van der Waals surface area contributed by atoms with Crippen LogP contribution in [-0.4, -0.2) is 23.1 Å². The van der Waals surface area contributed by atoms with Crippen LogP contribution in [0.3, 0.4) is 0 Å². The molecule has 2 aromatic rings. The summed E-state index contributed by atoms with van der Waals surface area (Å²) in [5.41, 5.74) is 4.57. The quantitative estimate of drug-likeness (QED) is 0.718. The number of piperidine rings is 1. The molecule has 1 aromatic carbocycles. The van der Waals surface area contributed by atoms with Gasteiger partial charge in [-0.2, -0.15) is 0 Å². The van der Waals surface area contributed by atoms with E-state index in [4.69, 9.17) is 4.98 Å². The van der Waals surface area contributed by atoms with E-state index in [1.165, 1.54) is 43.2 Å². The number of hydrogen-bond acceptors (Lipinski definition) is 3. The number of fused-ring (bicyclic) bond motifs is 1. The Labute approximate surface area is 157 Å². The van der Waals surface area contributed by atoms with Crippen molar-refractivity contribution in [1.82, 2.24) is 9.97 Å². The van der Waals surface area contributed by atoms with Crippen LogP contribution < -0.4 is 4.90 Å². The zero-order valence-corrected chi connectivity index (χ0v) is 16.7. The van der Waals surface area contributed by atoms with Crippen LogP contribution in [0.25, 0.3) is 11.4 Å². The molecule has 0 saturated carbocycles. The van der Waals surface area contributed by atoms with Crippen molar-refractivity contribution in [2.24, 2.45) is 0 Å². The number of nitrogens with zero attached hydrogens (tertiary/aromatic N) is 3. The first-order valence-corrected chi connectivity index (χ1v) is 10.1. The molecule has 1 aliphatic carbocycles. The van der Waals surface area contributed by atoms with Crippen molar-refractivity contribution in [2.45, 2.75) is 70.6 Å². The fourth-order valence-corrected chi connectivity index (χ4v) is 4.52. The number of anilines is 1. The molecular formula is C23H31N3. The fraction of sp³-hybridized carbons (Fsp3) is 0.565. The van der Waals surface area contributed by atoms with Crippen molar-refractivity contribution >= 4 is 5.82 Å². The highest BCUT2D eigenvalue weighted by atomic mass is 15.2. The van der Waals surface area contributed by atoms with Crippen LogP contribution in [0, 0.1) is 0 Å². The second-order valence-electron chi connectivity index (χ2n) is 9.31. The summed E-state index contributed by atoms with van der Waals surface area (Å²) < 4.78 is 0. The van der Waals surface area contributed by atoms with E-state index in [0.29, 0.717) is 0 Å². The van der Waals surface area contributed by atoms with Crippen molar-refractivity contribution in [1.29, 1.82) is 0 Å². The first-order chi connectivity index (χ1) is 12.4. The normalized spacial score (nSPS) is 21.3. The lowest BCUT2D eigenvalue weighted by Gasteiger charge is -2.42. The van der Waals surface area contributed by atoms with Crippen LogP contribution in [0.4, 0.5) is 5.82 Å². The summed E-state index contributed by atoms with van der Waals surface area (Å²) in [4.78, 5) is 11.9. The van der Waals surface area contributed by atoms with Crippen molar-refractivity contribution in [3.63, 3.8) is 0 Å². The number of rotatable bonds is 2. The third-order valence-electron chi connectivity index (χ3n) is 6.43. The first kappa shape index (κ1) is 17.5. The second-order valence-corrected chi connectivity index (χ2v) is 9.31. The number of hydrogen-bond donors (Lipinski definition) is 0. The summed E-state index contributed by atoms with van der Waals surface area (Å²) in [6.45, 7) is 11.7. The standard InChI is InChI=1S/C23H31N3/c1-22(2)11-12-23(3,4)19-16-17(8-9-18(19)22)21-24-13-10-20(25-21)26-14-6-5-7-15-26/h8-10,13,16H,5-7,11-12,14-15H2,1-4H3. The monoisotopic (exact) mass is 349 g/mol. The van der Waals surface area contributed by atoms with Gasteiger partial charge in [-0.25, -0.2) is 9.97 Å². The molecule has 3 heteroatoms. The molecule has 0 unspecified atom stereocenters. The van der Waals surface area contributed by atoms with Gasteiger partial charge in [-0.3, -0.25) is 0 Å². The van der Waals surface area contributed by atoms with E-state index in [2.05, 4.69) is 61.8 Å². The van der Waals surface area contributed by atoms with Crippen molar-refractivity contribution in [2.75, 3.05) is 18.0 Å². The van der Waals surface area contributed by atoms with E-state index < -0.39 is 0 Å². The molecule has 138 valence electrons. The van der Waals surface area contributed by atoms with Crippen LogP contribution in [-0.2, 0) is 10.8 Å². The minimum absolute atomic E-state index is 0.214. The van der Waals surface area contributed by atoms with Gasteiger partial charge < -0.3 is 4.90 Å². The molecule has 0 bridgehead atoms. The maximum absolute atomic E-state index is 4.91. The topological polar surface area (TPSA) is 29.0 Å². The molecule has 2 heterocycles. The zero-order chi connectivity index (χ0) is 18.4. The second kappa shape index (κ2) is 6.37. The summed E-state index contributed by atoms with van der Waals surface area (Å²) in [5, 5.41) is 0. The predicted molar refractivity (Wildman–Crippen MR) is 109 cm³/mol. The van der Waals surface area contributed by atoms with E-state index >= 15 is 0 Å². The summed E-state index contributed by atoms with van der Waals surface area (Å²) in [7, 11) is 0.